The van der Waals surface area contributed by atoms with Crippen LogP contribution in [0.5, 0.6) is 0 Å². The minimum atomic E-state index is -0.292. The Morgan fingerprint density at radius 3 is 2.39 bits per heavy atom. The van der Waals surface area contributed by atoms with Gasteiger partial charge in [0.15, 0.2) is 0 Å². The predicted octanol–water partition coefficient (Wildman–Crippen LogP) is 4.16. The van der Waals surface area contributed by atoms with E-state index in [-0.39, 0.29) is 11.2 Å². The summed E-state index contributed by atoms with van der Waals surface area (Å²) in [4.78, 5) is 18.9. The van der Waals surface area contributed by atoms with E-state index in [4.69, 9.17) is 0 Å². The molecule has 0 fully saturated rings. The number of amides is 1. The van der Waals surface area contributed by atoms with Crippen molar-refractivity contribution in [2.24, 2.45) is 0 Å². The molecule has 116 valence electrons. The predicted molar refractivity (Wildman–Crippen MR) is 95.5 cm³/mol. The fraction of sp³-hybridized carbons (Fsp3) is 0.158. The molecular weight excluding hydrogens is 304 g/mol. The maximum Gasteiger partial charge on any atom is 0.240 e. The Morgan fingerprint density at radius 1 is 0.957 bits per heavy atom. The molecule has 3 aromatic rings. The highest BCUT2D eigenvalue weighted by molar-refractivity contribution is 8.00. The van der Waals surface area contributed by atoms with Gasteiger partial charge in [0, 0.05) is 19.5 Å². The standard InChI is InChI=1S/C19H18N2OS/c1-21(2)19(22)18(15-9-4-3-5-10-15)23-17-13-12-14-8-6-7-11-16(14)20-17/h3-13,18H,1-2H3/t18-/m0/s1. The largest absolute Gasteiger partial charge is 0.348 e. The molecule has 1 heterocycles. The zero-order chi connectivity index (χ0) is 16.2. The fourth-order valence-corrected chi connectivity index (χ4v) is 3.50. The van der Waals surface area contributed by atoms with Crippen LogP contribution >= 0.6 is 11.8 Å². The van der Waals surface area contributed by atoms with Crippen LogP contribution in [0.4, 0.5) is 0 Å². The van der Waals surface area contributed by atoms with E-state index in [1.807, 2.05) is 66.7 Å². The van der Waals surface area contributed by atoms with Crippen LogP contribution in [0.25, 0.3) is 10.9 Å². The van der Waals surface area contributed by atoms with E-state index in [1.54, 1.807) is 19.0 Å². The average molecular weight is 322 g/mol. The second kappa shape index (κ2) is 6.84. The quantitative estimate of drug-likeness (QED) is 0.676. The van der Waals surface area contributed by atoms with Gasteiger partial charge in [-0.3, -0.25) is 4.79 Å². The minimum Gasteiger partial charge on any atom is -0.348 e. The van der Waals surface area contributed by atoms with Crippen molar-refractivity contribution >= 4 is 28.6 Å². The van der Waals surface area contributed by atoms with Gasteiger partial charge in [0.25, 0.3) is 0 Å². The lowest BCUT2D eigenvalue weighted by Gasteiger charge is -2.20. The number of rotatable bonds is 4. The van der Waals surface area contributed by atoms with Crippen molar-refractivity contribution in [3.63, 3.8) is 0 Å². The Labute approximate surface area is 140 Å². The monoisotopic (exact) mass is 322 g/mol. The molecule has 1 amide bonds. The Bertz CT molecular complexity index is 818. The normalized spacial score (nSPS) is 12.1. The highest BCUT2D eigenvalue weighted by atomic mass is 32.2. The smallest absolute Gasteiger partial charge is 0.240 e. The summed E-state index contributed by atoms with van der Waals surface area (Å²) in [7, 11) is 3.57. The number of carbonyl (C=O) groups is 1. The molecule has 0 spiro atoms. The van der Waals surface area contributed by atoms with Crippen molar-refractivity contribution in [3.05, 3.63) is 72.3 Å². The number of fused-ring (bicyclic) bond motifs is 1. The number of thioether (sulfide) groups is 1. The van der Waals surface area contributed by atoms with Crippen LogP contribution in [0, 0.1) is 0 Å². The first-order valence-corrected chi connectivity index (χ1v) is 8.31. The molecule has 0 bridgehead atoms. The molecule has 1 atom stereocenters. The third-order valence-electron chi connectivity index (χ3n) is 3.58. The number of benzene rings is 2. The minimum absolute atomic E-state index is 0.0659. The lowest BCUT2D eigenvalue weighted by molar-refractivity contribution is -0.128. The molecule has 2 aromatic carbocycles. The van der Waals surface area contributed by atoms with E-state index in [0.717, 1.165) is 21.5 Å². The number of pyridine rings is 1. The molecule has 0 aliphatic rings. The van der Waals surface area contributed by atoms with Crippen LogP contribution in [0.1, 0.15) is 10.8 Å². The van der Waals surface area contributed by atoms with Gasteiger partial charge >= 0.3 is 0 Å². The van der Waals surface area contributed by atoms with E-state index in [1.165, 1.54) is 11.8 Å². The highest BCUT2D eigenvalue weighted by Gasteiger charge is 2.24. The van der Waals surface area contributed by atoms with Gasteiger partial charge in [-0.15, -0.1) is 0 Å². The fourth-order valence-electron chi connectivity index (χ4n) is 2.36. The van der Waals surface area contributed by atoms with Crippen molar-refractivity contribution in [3.8, 4) is 0 Å². The van der Waals surface area contributed by atoms with E-state index in [0.29, 0.717) is 0 Å². The summed E-state index contributed by atoms with van der Waals surface area (Å²) < 4.78 is 0. The summed E-state index contributed by atoms with van der Waals surface area (Å²) in [6.07, 6.45) is 0. The average Bonchev–Trinajstić information content (AvgIpc) is 2.59. The van der Waals surface area contributed by atoms with Crippen molar-refractivity contribution in [1.82, 2.24) is 9.88 Å². The van der Waals surface area contributed by atoms with Crippen LogP contribution in [-0.4, -0.2) is 29.9 Å². The van der Waals surface area contributed by atoms with Gasteiger partial charge < -0.3 is 4.90 Å². The number of hydrogen-bond acceptors (Lipinski definition) is 3. The molecule has 4 heteroatoms. The SMILES string of the molecule is CN(C)C(=O)[C@@H](Sc1ccc2ccccc2n1)c1ccccc1. The summed E-state index contributed by atoms with van der Waals surface area (Å²) in [5.74, 6) is 0.0659. The Morgan fingerprint density at radius 2 is 1.65 bits per heavy atom. The molecule has 0 saturated carbocycles. The second-order valence-corrected chi connectivity index (χ2v) is 6.61. The maximum atomic E-state index is 12.6. The first-order valence-electron chi connectivity index (χ1n) is 7.44. The molecule has 0 unspecified atom stereocenters. The first-order chi connectivity index (χ1) is 11.1. The summed E-state index contributed by atoms with van der Waals surface area (Å²) in [5.41, 5.74) is 1.94. The first kappa shape index (κ1) is 15.6. The van der Waals surface area contributed by atoms with E-state index < -0.39 is 0 Å². The van der Waals surface area contributed by atoms with Crippen molar-refractivity contribution in [1.29, 1.82) is 0 Å². The lowest BCUT2D eigenvalue weighted by Crippen LogP contribution is -2.26. The van der Waals surface area contributed by atoms with Gasteiger partial charge in [-0.1, -0.05) is 66.4 Å². The van der Waals surface area contributed by atoms with Crippen LogP contribution < -0.4 is 0 Å². The summed E-state index contributed by atoms with van der Waals surface area (Å²) in [6, 6.07) is 21.9. The van der Waals surface area contributed by atoms with Gasteiger partial charge in [0.1, 0.15) is 5.25 Å². The molecule has 0 aliphatic heterocycles. The molecule has 1 aromatic heterocycles. The summed E-state index contributed by atoms with van der Waals surface area (Å²) in [6.45, 7) is 0. The van der Waals surface area contributed by atoms with Crippen LogP contribution in [0.3, 0.4) is 0 Å². The topological polar surface area (TPSA) is 33.2 Å². The number of likely N-dealkylation sites (N-methyl/N-ethyl adjacent to an activating group) is 1. The second-order valence-electron chi connectivity index (χ2n) is 5.48. The molecule has 0 radical (unpaired) electrons. The van der Waals surface area contributed by atoms with E-state index >= 15 is 0 Å². The van der Waals surface area contributed by atoms with Gasteiger partial charge in [0.2, 0.25) is 5.91 Å². The third-order valence-corrected chi connectivity index (χ3v) is 4.76. The van der Waals surface area contributed by atoms with Gasteiger partial charge in [-0.25, -0.2) is 4.98 Å². The lowest BCUT2D eigenvalue weighted by atomic mass is 10.1. The van der Waals surface area contributed by atoms with Crippen LogP contribution in [0.15, 0.2) is 71.8 Å². The Balaban J connectivity index is 1.95. The molecule has 3 nitrogen and oxygen atoms in total. The van der Waals surface area contributed by atoms with Crippen molar-refractivity contribution in [2.75, 3.05) is 14.1 Å². The molecule has 0 N–H and O–H groups in total. The molecular formula is C19H18N2OS. The van der Waals surface area contributed by atoms with Crippen molar-refractivity contribution < 1.29 is 4.79 Å². The highest BCUT2D eigenvalue weighted by Crippen LogP contribution is 2.36. The number of carbonyl (C=O) groups excluding carboxylic acids is 1. The zero-order valence-corrected chi connectivity index (χ0v) is 14.0. The number of hydrogen-bond donors (Lipinski definition) is 0. The third kappa shape index (κ3) is 3.54. The van der Waals surface area contributed by atoms with Crippen molar-refractivity contribution in [2.45, 2.75) is 10.3 Å². The number of nitrogens with zero attached hydrogens (tertiary/aromatic N) is 2. The van der Waals surface area contributed by atoms with Gasteiger partial charge in [-0.05, 0) is 17.7 Å². The van der Waals surface area contributed by atoms with E-state index in [2.05, 4.69) is 4.98 Å². The molecule has 0 aliphatic carbocycles. The number of para-hydroxylation sites is 1. The van der Waals surface area contributed by atoms with Gasteiger partial charge in [0.05, 0.1) is 10.5 Å². The summed E-state index contributed by atoms with van der Waals surface area (Å²) in [5, 5.41) is 1.67. The zero-order valence-electron chi connectivity index (χ0n) is 13.1. The maximum absolute atomic E-state index is 12.6. The van der Waals surface area contributed by atoms with E-state index in [9.17, 15) is 4.79 Å². The molecule has 3 rings (SSSR count). The van der Waals surface area contributed by atoms with Crippen LogP contribution in [-0.2, 0) is 4.79 Å². The Kier molecular flexibility index (Phi) is 4.63. The number of aromatic nitrogens is 1. The molecule has 23 heavy (non-hydrogen) atoms. The van der Waals surface area contributed by atoms with Crippen LogP contribution in [0.2, 0.25) is 0 Å². The Hall–Kier alpha value is -2.33. The summed E-state index contributed by atoms with van der Waals surface area (Å²) >= 11 is 1.49. The molecule has 0 saturated heterocycles. The van der Waals surface area contributed by atoms with Gasteiger partial charge in [-0.2, -0.15) is 0 Å².